The van der Waals surface area contributed by atoms with E-state index in [9.17, 15) is 19.1 Å². The van der Waals surface area contributed by atoms with Crippen molar-refractivity contribution in [2.75, 3.05) is 27.2 Å². The molecule has 0 spiro atoms. The molecule has 9 heteroatoms. The van der Waals surface area contributed by atoms with Gasteiger partial charge < -0.3 is 15.3 Å². The molecule has 2 N–H and O–H groups in total. The number of fused-ring (bicyclic) bond motifs is 1. The number of benzene rings is 2. The SMILES string of the molecule is CN1CCn2c(nc(C(=O)NCc3ccc(F)cc3)c(O)c2=O)C(N(C)Cc2ccccc2)C1. The Morgan fingerprint density at radius 3 is 2.56 bits per heavy atom. The normalized spacial score (nSPS) is 16.2. The van der Waals surface area contributed by atoms with Crippen LogP contribution in [0.1, 0.15) is 33.5 Å². The molecule has 1 aromatic heterocycles. The number of nitrogens with one attached hydrogen (secondary N) is 1. The second-order valence-electron chi connectivity index (χ2n) is 8.61. The fourth-order valence-corrected chi connectivity index (χ4v) is 4.12. The highest BCUT2D eigenvalue weighted by Gasteiger charge is 2.31. The number of hydrogen-bond donors (Lipinski definition) is 2. The lowest BCUT2D eigenvalue weighted by Gasteiger charge is -2.29. The molecule has 0 bridgehead atoms. The van der Waals surface area contributed by atoms with Crippen LogP contribution in [0.3, 0.4) is 0 Å². The number of rotatable bonds is 6. The molecule has 3 aromatic rings. The van der Waals surface area contributed by atoms with E-state index in [0.29, 0.717) is 37.6 Å². The van der Waals surface area contributed by atoms with E-state index in [2.05, 4.69) is 20.1 Å². The van der Waals surface area contributed by atoms with Gasteiger partial charge in [-0.3, -0.25) is 19.1 Å². The minimum Gasteiger partial charge on any atom is -0.501 e. The molecule has 0 radical (unpaired) electrons. The van der Waals surface area contributed by atoms with Crippen LogP contribution in [0.5, 0.6) is 5.75 Å². The Balaban J connectivity index is 1.64. The summed E-state index contributed by atoms with van der Waals surface area (Å²) in [4.78, 5) is 34.6. The zero-order chi connectivity index (χ0) is 24.2. The van der Waals surface area contributed by atoms with Gasteiger partial charge in [-0.05, 0) is 37.4 Å². The van der Waals surface area contributed by atoms with Gasteiger partial charge in [-0.15, -0.1) is 0 Å². The molecule has 0 saturated heterocycles. The second kappa shape index (κ2) is 10.1. The standard InChI is InChI=1S/C25H28FN5O3/c1-29-12-13-31-23(20(16-29)30(2)15-18-6-4-3-5-7-18)28-21(22(32)25(31)34)24(33)27-14-17-8-10-19(26)11-9-17/h3-11,20,32H,12-16H2,1-2H3,(H,27,33). The van der Waals surface area contributed by atoms with E-state index in [1.54, 1.807) is 12.1 Å². The van der Waals surface area contributed by atoms with E-state index in [-0.39, 0.29) is 24.1 Å². The second-order valence-corrected chi connectivity index (χ2v) is 8.61. The zero-order valence-corrected chi connectivity index (χ0v) is 19.2. The van der Waals surface area contributed by atoms with Gasteiger partial charge >= 0.3 is 0 Å². The first-order valence-corrected chi connectivity index (χ1v) is 11.1. The van der Waals surface area contributed by atoms with Crippen LogP contribution in [-0.4, -0.2) is 57.5 Å². The predicted molar refractivity (Wildman–Crippen MR) is 126 cm³/mol. The first-order chi connectivity index (χ1) is 16.3. The van der Waals surface area contributed by atoms with E-state index >= 15 is 0 Å². The molecule has 1 amide bonds. The smallest absolute Gasteiger partial charge is 0.296 e. The first-order valence-electron chi connectivity index (χ1n) is 11.1. The number of aromatic nitrogens is 2. The van der Waals surface area contributed by atoms with Crippen LogP contribution in [0.4, 0.5) is 4.39 Å². The molecule has 1 aliphatic rings. The summed E-state index contributed by atoms with van der Waals surface area (Å²) in [5.41, 5.74) is 0.857. The summed E-state index contributed by atoms with van der Waals surface area (Å²) in [5.74, 6) is -1.26. The quantitative estimate of drug-likeness (QED) is 0.580. The van der Waals surface area contributed by atoms with Gasteiger partial charge in [0.1, 0.15) is 11.6 Å². The monoisotopic (exact) mass is 465 g/mol. The van der Waals surface area contributed by atoms with E-state index in [4.69, 9.17) is 0 Å². The van der Waals surface area contributed by atoms with Crippen molar-refractivity contribution in [2.24, 2.45) is 0 Å². The summed E-state index contributed by atoms with van der Waals surface area (Å²) in [6, 6.07) is 15.4. The minimum atomic E-state index is -0.672. The van der Waals surface area contributed by atoms with Crippen molar-refractivity contribution >= 4 is 5.91 Å². The highest BCUT2D eigenvalue weighted by atomic mass is 19.1. The maximum Gasteiger partial charge on any atom is 0.296 e. The van der Waals surface area contributed by atoms with Gasteiger partial charge in [-0.25, -0.2) is 9.37 Å². The molecule has 2 heterocycles. The zero-order valence-electron chi connectivity index (χ0n) is 19.2. The van der Waals surface area contributed by atoms with E-state index < -0.39 is 17.2 Å². The molecule has 2 aromatic carbocycles. The van der Waals surface area contributed by atoms with Crippen molar-refractivity contribution in [1.29, 1.82) is 0 Å². The van der Waals surface area contributed by atoms with Crippen molar-refractivity contribution in [3.05, 3.63) is 93.4 Å². The Hall–Kier alpha value is -3.56. The van der Waals surface area contributed by atoms with Crippen LogP contribution in [0.2, 0.25) is 0 Å². The summed E-state index contributed by atoms with van der Waals surface area (Å²) < 4.78 is 14.6. The van der Waals surface area contributed by atoms with Crippen molar-refractivity contribution in [2.45, 2.75) is 25.7 Å². The molecular formula is C25H28FN5O3. The summed E-state index contributed by atoms with van der Waals surface area (Å²) in [7, 11) is 3.92. The average Bonchev–Trinajstić information content (AvgIpc) is 3.00. The van der Waals surface area contributed by atoms with Gasteiger partial charge in [0.05, 0.1) is 6.04 Å². The number of carbonyl (C=O) groups is 1. The summed E-state index contributed by atoms with van der Waals surface area (Å²) in [6.07, 6.45) is 0. The molecule has 1 aliphatic heterocycles. The van der Waals surface area contributed by atoms with Crippen LogP contribution in [0.25, 0.3) is 0 Å². The van der Waals surface area contributed by atoms with Gasteiger partial charge in [0.25, 0.3) is 11.5 Å². The van der Waals surface area contributed by atoms with Gasteiger partial charge in [-0.1, -0.05) is 42.5 Å². The number of carbonyl (C=O) groups excluding carboxylic acids is 1. The third-order valence-corrected chi connectivity index (χ3v) is 6.05. The van der Waals surface area contributed by atoms with Crippen LogP contribution < -0.4 is 10.9 Å². The number of halogens is 1. The maximum absolute atomic E-state index is 13.1. The van der Waals surface area contributed by atoms with Crippen molar-refractivity contribution in [1.82, 2.24) is 24.7 Å². The van der Waals surface area contributed by atoms with Crippen molar-refractivity contribution in [3.8, 4) is 5.75 Å². The molecule has 8 nitrogen and oxygen atoms in total. The summed E-state index contributed by atoms with van der Waals surface area (Å²) >= 11 is 0. The highest BCUT2D eigenvalue weighted by Crippen LogP contribution is 2.24. The van der Waals surface area contributed by atoms with E-state index in [1.807, 2.05) is 44.4 Å². The molecule has 0 aliphatic carbocycles. The topological polar surface area (TPSA) is 90.7 Å². The molecule has 1 unspecified atom stereocenters. The molecular weight excluding hydrogens is 437 g/mol. The molecule has 4 rings (SSSR count). The third kappa shape index (κ3) is 5.16. The van der Waals surface area contributed by atoms with Gasteiger partial charge in [0.15, 0.2) is 5.69 Å². The number of aromatic hydroxyl groups is 1. The van der Waals surface area contributed by atoms with Crippen LogP contribution in [0.15, 0.2) is 59.4 Å². The predicted octanol–water partition coefficient (Wildman–Crippen LogP) is 2.14. The lowest BCUT2D eigenvalue weighted by atomic mass is 10.1. The molecule has 1 atom stereocenters. The van der Waals surface area contributed by atoms with Gasteiger partial charge in [0, 0.05) is 32.7 Å². The Morgan fingerprint density at radius 1 is 1.15 bits per heavy atom. The lowest BCUT2D eigenvalue weighted by Crippen LogP contribution is -2.36. The van der Waals surface area contributed by atoms with Crippen molar-refractivity contribution < 1.29 is 14.3 Å². The Kier molecular flexibility index (Phi) is 7.04. The molecule has 0 fully saturated rings. The number of nitrogens with zero attached hydrogens (tertiary/aromatic N) is 4. The third-order valence-electron chi connectivity index (χ3n) is 6.05. The molecule has 34 heavy (non-hydrogen) atoms. The number of amides is 1. The number of likely N-dealkylation sites (N-methyl/N-ethyl adjacent to an activating group) is 2. The fraction of sp³-hybridized carbons (Fsp3) is 0.320. The first kappa shape index (κ1) is 23.6. The Morgan fingerprint density at radius 2 is 1.85 bits per heavy atom. The van der Waals surface area contributed by atoms with Gasteiger partial charge in [-0.2, -0.15) is 0 Å². The summed E-state index contributed by atoms with van der Waals surface area (Å²) in [5, 5.41) is 13.2. The fourth-order valence-electron chi connectivity index (χ4n) is 4.12. The number of hydrogen-bond acceptors (Lipinski definition) is 6. The van der Waals surface area contributed by atoms with E-state index in [0.717, 1.165) is 5.56 Å². The largest absolute Gasteiger partial charge is 0.501 e. The molecule has 178 valence electrons. The van der Waals surface area contributed by atoms with E-state index in [1.165, 1.54) is 16.7 Å². The lowest BCUT2D eigenvalue weighted by molar-refractivity contribution is 0.0940. The Bertz CT molecular complexity index is 1210. The molecule has 0 saturated carbocycles. The van der Waals surface area contributed by atoms with Crippen LogP contribution in [0, 0.1) is 5.82 Å². The average molecular weight is 466 g/mol. The summed E-state index contributed by atoms with van der Waals surface area (Å²) in [6.45, 7) is 2.32. The van der Waals surface area contributed by atoms with Crippen LogP contribution >= 0.6 is 0 Å². The van der Waals surface area contributed by atoms with Crippen LogP contribution in [-0.2, 0) is 19.6 Å². The Labute approximate surface area is 197 Å². The minimum absolute atomic E-state index is 0.110. The van der Waals surface area contributed by atoms with Gasteiger partial charge in [0.2, 0.25) is 5.75 Å². The maximum atomic E-state index is 13.1. The highest BCUT2D eigenvalue weighted by molar-refractivity contribution is 5.94. The van der Waals surface area contributed by atoms with Crippen molar-refractivity contribution in [3.63, 3.8) is 0 Å².